The number of fused-ring (bicyclic) bond motifs is 1. The van der Waals surface area contributed by atoms with Crippen LogP contribution in [0.3, 0.4) is 0 Å². The van der Waals surface area contributed by atoms with Crippen molar-refractivity contribution in [3.05, 3.63) is 88.5 Å². The second-order valence-electron chi connectivity index (χ2n) is 9.22. The summed E-state index contributed by atoms with van der Waals surface area (Å²) in [6, 6.07) is 9.43. The van der Waals surface area contributed by atoms with Crippen molar-refractivity contribution < 1.29 is 31.1 Å². The Balaban J connectivity index is 1.41. The van der Waals surface area contributed by atoms with E-state index in [1.54, 1.807) is 18.5 Å². The molecule has 0 aliphatic heterocycles. The van der Waals surface area contributed by atoms with Crippen LogP contribution >= 0.6 is 11.6 Å². The number of carbonyl (C=O) groups excluding carboxylic acids is 1. The highest BCUT2D eigenvalue weighted by molar-refractivity contribution is 7.92. The third-order valence-corrected chi connectivity index (χ3v) is 6.64. The number of aromatic nitrogens is 3. The first kappa shape index (κ1) is 28.1. The van der Waals surface area contributed by atoms with Gasteiger partial charge in [-0.2, -0.15) is 0 Å². The second kappa shape index (κ2) is 10.8. The molecule has 2 aromatic carbocycles. The predicted molar refractivity (Wildman–Crippen MR) is 150 cm³/mol. The van der Waals surface area contributed by atoms with Crippen LogP contribution in [-0.4, -0.2) is 35.1 Å². The van der Waals surface area contributed by atoms with Crippen molar-refractivity contribution in [3.8, 4) is 17.1 Å². The lowest BCUT2D eigenvalue weighted by molar-refractivity contribution is 0.102. The molecule has 0 unspecified atom stereocenters. The molecular formula is C27H22ClF2N5O5S. The van der Waals surface area contributed by atoms with Gasteiger partial charge in [0.15, 0.2) is 17.2 Å². The number of hydrogen-bond acceptors (Lipinski definition) is 7. The van der Waals surface area contributed by atoms with Crippen molar-refractivity contribution in [2.45, 2.75) is 13.5 Å². The second-order valence-corrected chi connectivity index (χ2v) is 11.4. The minimum Gasteiger partial charge on any atom is -0.486 e. The van der Waals surface area contributed by atoms with E-state index in [-0.39, 0.29) is 45.6 Å². The number of amides is 1. The zero-order valence-corrected chi connectivity index (χ0v) is 23.4. The fourth-order valence-corrected chi connectivity index (χ4v) is 5.00. The van der Waals surface area contributed by atoms with E-state index in [4.69, 9.17) is 20.8 Å². The van der Waals surface area contributed by atoms with Crippen molar-refractivity contribution in [1.82, 2.24) is 14.5 Å². The minimum absolute atomic E-state index is 0.0575. The number of anilines is 2. The SMILES string of the molecule is Cc1nc2c(COc3cc(F)cnc3-c3cc(C(=O)Nc4cc(Cl)cc(NS(C)(=O)=O)c4)cn3C)cc(F)cc2o1. The minimum atomic E-state index is -3.56. The van der Waals surface area contributed by atoms with Crippen LogP contribution in [-0.2, 0) is 23.7 Å². The lowest BCUT2D eigenvalue weighted by Gasteiger charge is -2.12. The molecule has 5 aromatic rings. The van der Waals surface area contributed by atoms with E-state index in [9.17, 15) is 22.0 Å². The molecule has 0 radical (unpaired) electrons. The van der Waals surface area contributed by atoms with Crippen molar-refractivity contribution in [3.63, 3.8) is 0 Å². The van der Waals surface area contributed by atoms with Gasteiger partial charge in [0.25, 0.3) is 5.91 Å². The van der Waals surface area contributed by atoms with Crippen molar-refractivity contribution in [2.24, 2.45) is 7.05 Å². The van der Waals surface area contributed by atoms with Crippen LogP contribution < -0.4 is 14.8 Å². The number of benzene rings is 2. The number of carbonyl (C=O) groups is 1. The third kappa shape index (κ3) is 6.47. The highest BCUT2D eigenvalue weighted by atomic mass is 35.5. The molecule has 0 spiro atoms. The lowest BCUT2D eigenvalue weighted by Crippen LogP contribution is -2.13. The molecule has 0 aliphatic rings. The standard InChI is InChI=1S/C27H22ClF2N5O5S/c1-14-32-25-16(4-18(29)8-24(25)40-14)13-39-23-9-19(30)11-31-26(23)22-5-15(12-35(22)2)27(36)33-20-6-17(28)7-21(10-20)34-41(3,37)38/h4-12,34H,13H2,1-3H3,(H,33,36). The van der Waals surface area contributed by atoms with E-state index < -0.39 is 27.6 Å². The number of aryl methyl sites for hydroxylation is 2. The van der Waals surface area contributed by atoms with Crippen molar-refractivity contribution in [2.75, 3.05) is 16.3 Å². The largest absolute Gasteiger partial charge is 0.486 e. The number of rotatable bonds is 8. The number of hydrogen-bond donors (Lipinski definition) is 2. The lowest BCUT2D eigenvalue weighted by atomic mass is 10.2. The van der Waals surface area contributed by atoms with E-state index in [2.05, 4.69) is 20.0 Å². The summed E-state index contributed by atoms with van der Waals surface area (Å²) < 4.78 is 66.7. The Labute approximate surface area is 238 Å². The van der Waals surface area contributed by atoms with Crippen LogP contribution in [0.4, 0.5) is 20.2 Å². The highest BCUT2D eigenvalue weighted by Crippen LogP contribution is 2.32. The van der Waals surface area contributed by atoms with Gasteiger partial charge in [0, 0.05) is 48.6 Å². The third-order valence-electron chi connectivity index (χ3n) is 5.82. The smallest absolute Gasteiger partial charge is 0.257 e. The van der Waals surface area contributed by atoms with Crippen LogP contribution in [0.2, 0.25) is 5.02 Å². The van der Waals surface area contributed by atoms with Crippen molar-refractivity contribution in [1.29, 1.82) is 0 Å². The first-order valence-corrected chi connectivity index (χ1v) is 14.2. The summed E-state index contributed by atoms with van der Waals surface area (Å²) in [6.45, 7) is 1.48. The molecule has 2 N–H and O–H groups in total. The Bertz CT molecular complexity index is 1920. The summed E-state index contributed by atoms with van der Waals surface area (Å²) >= 11 is 6.09. The first-order valence-electron chi connectivity index (χ1n) is 11.9. The average molecular weight is 602 g/mol. The van der Waals surface area contributed by atoms with Gasteiger partial charge in [-0.25, -0.2) is 27.2 Å². The molecule has 3 heterocycles. The molecule has 1 amide bonds. The van der Waals surface area contributed by atoms with Crippen molar-refractivity contribution >= 4 is 50.0 Å². The average Bonchev–Trinajstić information content (AvgIpc) is 3.43. The van der Waals surface area contributed by atoms with Gasteiger partial charge < -0.3 is 19.0 Å². The summed E-state index contributed by atoms with van der Waals surface area (Å²) in [5.74, 6) is -1.30. The summed E-state index contributed by atoms with van der Waals surface area (Å²) in [5, 5.41) is 2.88. The number of pyridine rings is 1. The molecule has 0 aliphatic carbocycles. The molecule has 3 aromatic heterocycles. The maximum atomic E-state index is 14.2. The Kier molecular flexibility index (Phi) is 7.41. The molecule has 14 heteroatoms. The summed E-state index contributed by atoms with van der Waals surface area (Å²) in [6.07, 6.45) is 3.54. The topological polar surface area (TPSA) is 128 Å². The van der Waals surface area contributed by atoms with E-state index >= 15 is 0 Å². The number of oxazole rings is 1. The molecule has 212 valence electrons. The normalized spacial score (nSPS) is 11.6. The zero-order valence-electron chi connectivity index (χ0n) is 21.8. The first-order chi connectivity index (χ1) is 19.3. The van der Waals surface area contributed by atoms with Gasteiger partial charge >= 0.3 is 0 Å². The predicted octanol–water partition coefficient (Wildman–Crippen LogP) is 5.67. The monoisotopic (exact) mass is 601 g/mol. The van der Waals surface area contributed by atoms with Gasteiger partial charge in [0.2, 0.25) is 10.0 Å². The van der Waals surface area contributed by atoms with Gasteiger partial charge in [0.05, 0.1) is 29.4 Å². The number of halogens is 3. The molecule has 0 saturated carbocycles. The highest BCUT2D eigenvalue weighted by Gasteiger charge is 2.19. The van der Waals surface area contributed by atoms with Crippen LogP contribution in [0, 0.1) is 18.6 Å². The molecule has 0 fully saturated rings. The van der Waals surface area contributed by atoms with E-state index in [1.807, 2.05) is 0 Å². The van der Waals surface area contributed by atoms with E-state index in [0.29, 0.717) is 22.7 Å². The molecule has 0 saturated heterocycles. The van der Waals surface area contributed by atoms with Crippen LogP contribution in [0.15, 0.2) is 59.3 Å². The fourth-order valence-electron chi connectivity index (χ4n) is 4.22. The summed E-state index contributed by atoms with van der Waals surface area (Å²) in [7, 11) is -1.89. The van der Waals surface area contributed by atoms with Crippen LogP contribution in [0.5, 0.6) is 5.75 Å². The number of nitrogens with zero attached hydrogens (tertiary/aromatic N) is 3. The summed E-state index contributed by atoms with van der Waals surface area (Å²) in [5.41, 5.74) is 2.40. The van der Waals surface area contributed by atoms with Crippen LogP contribution in [0.25, 0.3) is 22.5 Å². The van der Waals surface area contributed by atoms with E-state index in [0.717, 1.165) is 18.5 Å². The van der Waals surface area contributed by atoms with Gasteiger partial charge in [-0.3, -0.25) is 9.52 Å². The maximum Gasteiger partial charge on any atom is 0.257 e. The molecule has 10 nitrogen and oxygen atoms in total. The zero-order chi connectivity index (χ0) is 29.5. The molecule has 5 rings (SSSR count). The summed E-state index contributed by atoms with van der Waals surface area (Å²) in [4.78, 5) is 21.5. The number of ether oxygens (including phenoxy) is 1. The fraction of sp³-hybridized carbons (Fsp3) is 0.148. The molecular weight excluding hydrogens is 580 g/mol. The van der Waals surface area contributed by atoms with Crippen LogP contribution in [0.1, 0.15) is 21.8 Å². The molecule has 0 atom stereocenters. The maximum absolute atomic E-state index is 14.2. The van der Waals surface area contributed by atoms with Gasteiger partial charge in [0.1, 0.15) is 29.5 Å². The van der Waals surface area contributed by atoms with Gasteiger partial charge in [-0.05, 0) is 30.3 Å². The van der Waals surface area contributed by atoms with Gasteiger partial charge in [-0.1, -0.05) is 11.6 Å². The Hall–Kier alpha value is -4.49. The Morgan fingerprint density at radius 2 is 1.85 bits per heavy atom. The quantitative estimate of drug-likeness (QED) is 0.234. The van der Waals surface area contributed by atoms with E-state index in [1.165, 1.54) is 42.6 Å². The van der Waals surface area contributed by atoms with Gasteiger partial charge in [-0.15, -0.1) is 0 Å². The number of sulfonamides is 1. The Morgan fingerprint density at radius 1 is 1.10 bits per heavy atom. The molecule has 41 heavy (non-hydrogen) atoms. The Morgan fingerprint density at radius 3 is 2.61 bits per heavy atom. The molecule has 0 bridgehead atoms. The number of nitrogens with one attached hydrogen (secondary N) is 2.